The van der Waals surface area contributed by atoms with Gasteiger partial charge < -0.3 is 14.0 Å². The highest BCUT2D eigenvalue weighted by Crippen LogP contribution is 2.27. The van der Waals surface area contributed by atoms with Gasteiger partial charge in [-0.15, -0.1) is 0 Å². The van der Waals surface area contributed by atoms with Crippen LogP contribution in [0.1, 0.15) is 11.3 Å². The first-order valence-corrected chi connectivity index (χ1v) is 6.66. The van der Waals surface area contributed by atoms with Crippen molar-refractivity contribution in [2.75, 3.05) is 14.2 Å². The highest BCUT2D eigenvalue weighted by molar-refractivity contribution is 9.08. The lowest BCUT2D eigenvalue weighted by molar-refractivity contribution is 0.354. The Balaban J connectivity index is 2.18. The molecule has 0 spiro atoms. The lowest BCUT2D eigenvalue weighted by Crippen LogP contribution is -1.98. The van der Waals surface area contributed by atoms with E-state index in [2.05, 4.69) is 20.9 Å². The third-order valence-electron chi connectivity index (χ3n) is 2.64. The fraction of sp³-hybridized carbons (Fsp3) is 0.308. The van der Waals surface area contributed by atoms with Crippen LogP contribution in [0.5, 0.6) is 11.5 Å². The number of ether oxygens (including phenoxy) is 2. The largest absolute Gasteiger partial charge is 0.493 e. The molecule has 4 nitrogen and oxygen atoms in total. The zero-order valence-corrected chi connectivity index (χ0v) is 12.0. The second kappa shape index (κ2) is 5.91. The van der Waals surface area contributed by atoms with Gasteiger partial charge in [-0.3, -0.25) is 0 Å². The van der Waals surface area contributed by atoms with Crippen LogP contribution in [0.3, 0.4) is 0 Å². The summed E-state index contributed by atoms with van der Waals surface area (Å²) in [5.41, 5.74) is 2.17. The molecule has 0 saturated heterocycles. The van der Waals surface area contributed by atoms with Crippen molar-refractivity contribution >= 4 is 15.9 Å². The predicted molar refractivity (Wildman–Crippen MR) is 73.5 cm³/mol. The van der Waals surface area contributed by atoms with Gasteiger partial charge in [0.1, 0.15) is 0 Å². The van der Waals surface area contributed by atoms with E-state index in [0.717, 1.165) is 34.6 Å². The molecule has 0 aliphatic heterocycles. The fourth-order valence-electron chi connectivity index (χ4n) is 1.75. The molecular weight excluding hydrogens is 296 g/mol. The van der Waals surface area contributed by atoms with Crippen LogP contribution in [0.2, 0.25) is 0 Å². The number of aromatic nitrogens is 2. The monoisotopic (exact) mass is 310 g/mol. The van der Waals surface area contributed by atoms with Gasteiger partial charge in [-0.2, -0.15) is 0 Å². The third-order valence-corrected chi connectivity index (χ3v) is 3.21. The van der Waals surface area contributed by atoms with Crippen molar-refractivity contribution in [3.8, 4) is 11.5 Å². The zero-order valence-electron chi connectivity index (χ0n) is 10.4. The van der Waals surface area contributed by atoms with Gasteiger partial charge in [-0.1, -0.05) is 22.0 Å². The predicted octanol–water partition coefficient (Wildman–Crippen LogP) is 2.84. The van der Waals surface area contributed by atoms with Gasteiger partial charge in [0, 0.05) is 18.1 Å². The van der Waals surface area contributed by atoms with Crippen molar-refractivity contribution in [2.45, 2.75) is 11.9 Å². The standard InChI is InChI=1S/C13H15BrN2O2/c1-17-12-4-3-10(5-13(12)18-2)7-16-8-11(6-14)15-9-16/h3-5,8-9H,6-7H2,1-2H3. The average Bonchev–Trinajstić information content (AvgIpc) is 2.86. The van der Waals surface area contributed by atoms with Crippen molar-refractivity contribution in [1.82, 2.24) is 9.55 Å². The van der Waals surface area contributed by atoms with Crippen molar-refractivity contribution in [2.24, 2.45) is 0 Å². The Labute approximate surface area is 115 Å². The Morgan fingerprint density at radius 2 is 2.00 bits per heavy atom. The molecule has 0 radical (unpaired) electrons. The average molecular weight is 311 g/mol. The topological polar surface area (TPSA) is 36.3 Å². The molecule has 1 aromatic heterocycles. The number of methoxy groups -OCH3 is 2. The van der Waals surface area contributed by atoms with Crippen LogP contribution in [0.25, 0.3) is 0 Å². The number of hydrogen-bond donors (Lipinski definition) is 0. The SMILES string of the molecule is COc1ccc(Cn2cnc(CBr)c2)cc1OC. The van der Waals surface area contributed by atoms with Gasteiger partial charge in [0.15, 0.2) is 11.5 Å². The second-order valence-corrected chi connectivity index (χ2v) is 4.42. The van der Waals surface area contributed by atoms with E-state index in [4.69, 9.17) is 9.47 Å². The van der Waals surface area contributed by atoms with E-state index in [0.29, 0.717) is 0 Å². The smallest absolute Gasteiger partial charge is 0.161 e. The molecule has 0 saturated carbocycles. The van der Waals surface area contributed by atoms with E-state index >= 15 is 0 Å². The van der Waals surface area contributed by atoms with Crippen LogP contribution in [0.15, 0.2) is 30.7 Å². The van der Waals surface area contributed by atoms with Crippen LogP contribution < -0.4 is 9.47 Å². The normalized spacial score (nSPS) is 10.4. The summed E-state index contributed by atoms with van der Waals surface area (Å²) in [6.07, 6.45) is 3.85. The van der Waals surface area contributed by atoms with E-state index in [1.807, 2.05) is 35.3 Å². The summed E-state index contributed by atoms with van der Waals surface area (Å²) in [7, 11) is 3.28. The Morgan fingerprint density at radius 1 is 1.22 bits per heavy atom. The summed E-state index contributed by atoms with van der Waals surface area (Å²) >= 11 is 3.39. The van der Waals surface area contributed by atoms with E-state index in [1.54, 1.807) is 14.2 Å². The van der Waals surface area contributed by atoms with Crippen molar-refractivity contribution in [1.29, 1.82) is 0 Å². The fourth-order valence-corrected chi connectivity index (χ4v) is 2.04. The minimum absolute atomic E-state index is 0.744. The summed E-state index contributed by atoms with van der Waals surface area (Å²) in [5.74, 6) is 1.49. The van der Waals surface area contributed by atoms with Gasteiger partial charge in [-0.25, -0.2) is 4.98 Å². The van der Waals surface area contributed by atoms with Gasteiger partial charge in [0.05, 0.1) is 26.2 Å². The van der Waals surface area contributed by atoms with Gasteiger partial charge in [-0.05, 0) is 17.7 Å². The quantitative estimate of drug-likeness (QED) is 0.797. The van der Waals surface area contributed by atoms with Crippen LogP contribution in [-0.2, 0) is 11.9 Å². The van der Waals surface area contributed by atoms with E-state index < -0.39 is 0 Å². The van der Waals surface area contributed by atoms with Crippen molar-refractivity contribution < 1.29 is 9.47 Å². The number of hydrogen-bond acceptors (Lipinski definition) is 3. The molecule has 0 atom stereocenters. The maximum absolute atomic E-state index is 5.28. The van der Waals surface area contributed by atoms with Crippen molar-refractivity contribution in [3.63, 3.8) is 0 Å². The highest BCUT2D eigenvalue weighted by atomic mass is 79.9. The lowest BCUT2D eigenvalue weighted by Gasteiger charge is -2.09. The maximum Gasteiger partial charge on any atom is 0.161 e. The Hall–Kier alpha value is -1.49. The Morgan fingerprint density at radius 3 is 2.61 bits per heavy atom. The summed E-state index contributed by atoms with van der Waals surface area (Å²) in [4.78, 5) is 4.27. The van der Waals surface area contributed by atoms with Gasteiger partial charge in [0.2, 0.25) is 0 Å². The molecule has 0 aliphatic carbocycles. The number of nitrogens with zero attached hydrogens (tertiary/aromatic N) is 2. The zero-order chi connectivity index (χ0) is 13.0. The van der Waals surface area contributed by atoms with E-state index in [-0.39, 0.29) is 0 Å². The molecule has 0 N–H and O–H groups in total. The molecule has 0 unspecified atom stereocenters. The van der Waals surface area contributed by atoms with Crippen LogP contribution >= 0.6 is 15.9 Å². The molecule has 0 fully saturated rings. The van der Waals surface area contributed by atoms with Gasteiger partial charge in [0.25, 0.3) is 0 Å². The van der Waals surface area contributed by atoms with Crippen LogP contribution in [-0.4, -0.2) is 23.8 Å². The molecule has 0 bridgehead atoms. The first-order valence-electron chi connectivity index (χ1n) is 5.54. The van der Waals surface area contributed by atoms with Crippen LogP contribution in [0.4, 0.5) is 0 Å². The first kappa shape index (κ1) is 13.0. The van der Waals surface area contributed by atoms with Crippen LogP contribution in [0, 0.1) is 0 Å². The molecule has 5 heteroatoms. The molecule has 2 aromatic rings. The molecule has 18 heavy (non-hydrogen) atoms. The molecule has 2 rings (SSSR count). The first-order chi connectivity index (χ1) is 8.76. The number of imidazole rings is 1. The molecule has 0 amide bonds. The summed E-state index contributed by atoms with van der Waals surface area (Å²) < 4.78 is 12.5. The second-order valence-electron chi connectivity index (χ2n) is 3.86. The highest BCUT2D eigenvalue weighted by Gasteiger charge is 2.05. The summed E-state index contributed by atoms with van der Waals surface area (Å²) in [6.45, 7) is 0.764. The number of rotatable bonds is 5. The molecule has 1 aromatic carbocycles. The van der Waals surface area contributed by atoms with Gasteiger partial charge >= 0.3 is 0 Å². The number of alkyl halides is 1. The molecule has 96 valence electrons. The summed E-state index contributed by atoms with van der Waals surface area (Å²) in [6, 6.07) is 5.91. The molecule has 1 heterocycles. The molecular formula is C13H15BrN2O2. The minimum Gasteiger partial charge on any atom is -0.493 e. The number of benzene rings is 1. The molecule has 0 aliphatic rings. The maximum atomic E-state index is 5.28. The Bertz CT molecular complexity index is 525. The third kappa shape index (κ3) is 2.85. The Kier molecular flexibility index (Phi) is 4.25. The lowest BCUT2D eigenvalue weighted by atomic mass is 10.2. The number of halogens is 1. The van der Waals surface area contributed by atoms with Crippen molar-refractivity contribution in [3.05, 3.63) is 42.0 Å². The summed E-state index contributed by atoms with van der Waals surface area (Å²) in [5, 5.41) is 0.770. The van der Waals surface area contributed by atoms with E-state index in [1.165, 1.54) is 0 Å². The minimum atomic E-state index is 0.744. The van der Waals surface area contributed by atoms with E-state index in [9.17, 15) is 0 Å².